The lowest BCUT2D eigenvalue weighted by molar-refractivity contribution is 0.361. The van der Waals surface area contributed by atoms with Crippen molar-refractivity contribution >= 4 is 5.82 Å². The SMILES string of the molecule is C[C@H]1CC[C@H](Nc2ccn[nH]2)CC1. The van der Waals surface area contributed by atoms with E-state index >= 15 is 0 Å². The maximum atomic E-state index is 3.92. The van der Waals surface area contributed by atoms with Crippen LogP contribution in [-0.2, 0) is 0 Å². The molecule has 3 nitrogen and oxygen atoms in total. The Bertz CT molecular complexity index is 235. The lowest BCUT2D eigenvalue weighted by Gasteiger charge is -2.26. The van der Waals surface area contributed by atoms with Crippen LogP contribution in [0.25, 0.3) is 0 Å². The molecule has 1 saturated carbocycles. The van der Waals surface area contributed by atoms with Gasteiger partial charge in [-0.3, -0.25) is 5.10 Å². The summed E-state index contributed by atoms with van der Waals surface area (Å²) in [6.07, 6.45) is 7.08. The summed E-state index contributed by atoms with van der Waals surface area (Å²) in [6.45, 7) is 2.34. The van der Waals surface area contributed by atoms with Crippen molar-refractivity contribution in [2.24, 2.45) is 5.92 Å². The molecule has 2 N–H and O–H groups in total. The Hall–Kier alpha value is -0.990. The number of rotatable bonds is 2. The smallest absolute Gasteiger partial charge is 0.121 e. The molecule has 1 fully saturated rings. The number of anilines is 1. The molecule has 0 aliphatic heterocycles. The fourth-order valence-electron chi connectivity index (χ4n) is 1.96. The van der Waals surface area contributed by atoms with Crippen molar-refractivity contribution < 1.29 is 0 Å². The predicted molar refractivity (Wildman–Crippen MR) is 53.6 cm³/mol. The van der Waals surface area contributed by atoms with Crippen molar-refractivity contribution in [1.82, 2.24) is 10.2 Å². The van der Waals surface area contributed by atoms with Gasteiger partial charge in [0.2, 0.25) is 0 Å². The standard InChI is InChI=1S/C10H17N3/c1-8-2-4-9(5-3-8)12-10-6-7-11-13-10/h6-9H,2-5H2,1H3,(H2,11,12,13)/t8-,9-. The van der Waals surface area contributed by atoms with Crippen LogP contribution in [0.5, 0.6) is 0 Å². The molecule has 1 aliphatic rings. The first-order valence-corrected chi connectivity index (χ1v) is 5.10. The van der Waals surface area contributed by atoms with Crippen LogP contribution in [0.2, 0.25) is 0 Å². The van der Waals surface area contributed by atoms with E-state index in [1.165, 1.54) is 25.7 Å². The Balaban J connectivity index is 1.83. The minimum absolute atomic E-state index is 0.650. The van der Waals surface area contributed by atoms with Gasteiger partial charge >= 0.3 is 0 Å². The lowest BCUT2D eigenvalue weighted by atomic mass is 9.87. The molecule has 0 saturated heterocycles. The zero-order valence-corrected chi connectivity index (χ0v) is 8.09. The van der Waals surface area contributed by atoms with E-state index < -0.39 is 0 Å². The fourth-order valence-corrected chi connectivity index (χ4v) is 1.96. The van der Waals surface area contributed by atoms with Gasteiger partial charge in [-0.1, -0.05) is 6.92 Å². The van der Waals surface area contributed by atoms with Gasteiger partial charge in [-0.15, -0.1) is 0 Å². The highest BCUT2D eigenvalue weighted by Crippen LogP contribution is 2.25. The molecular weight excluding hydrogens is 162 g/mol. The average Bonchev–Trinajstić information content (AvgIpc) is 2.62. The largest absolute Gasteiger partial charge is 0.368 e. The fraction of sp³-hybridized carbons (Fsp3) is 0.700. The predicted octanol–water partition coefficient (Wildman–Crippen LogP) is 2.40. The summed E-state index contributed by atoms with van der Waals surface area (Å²) in [5, 5.41) is 10.3. The summed E-state index contributed by atoms with van der Waals surface area (Å²) in [5.74, 6) is 1.97. The lowest BCUT2D eigenvalue weighted by Crippen LogP contribution is -2.25. The van der Waals surface area contributed by atoms with Crippen LogP contribution < -0.4 is 5.32 Å². The van der Waals surface area contributed by atoms with Crippen molar-refractivity contribution in [2.45, 2.75) is 38.6 Å². The van der Waals surface area contributed by atoms with E-state index in [0.717, 1.165) is 11.7 Å². The molecule has 0 radical (unpaired) electrons. The molecule has 1 aromatic heterocycles. The van der Waals surface area contributed by atoms with Gasteiger partial charge in [0.1, 0.15) is 5.82 Å². The quantitative estimate of drug-likeness (QED) is 0.732. The van der Waals surface area contributed by atoms with Crippen LogP contribution in [0, 0.1) is 5.92 Å². The van der Waals surface area contributed by atoms with E-state index in [1.807, 2.05) is 6.07 Å². The molecule has 3 heteroatoms. The molecule has 0 aromatic carbocycles. The van der Waals surface area contributed by atoms with E-state index in [1.54, 1.807) is 6.20 Å². The first-order valence-electron chi connectivity index (χ1n) is 5.10. The third kappa shape index (κ3) is 2.23. The second-order valence-electron chi connectivity index (χ2n) is 4.07. The van der Waals surface area contributed by atoms with Crippen LogP contribution in [0.15, 0.2) is 12.3 Å². The minimum atomic E-state index is 0.650. The summed E-state index contributed by atoms with van der Waals surface area (Å²) in [4.78, 5) is 0. The second kappa shape index (κ2) is 3.81. The maximum Gasteiger partial charge on any atom is 0.121 e. The van der Waals surface area contributed by atoms with Gasteiger partial charge in [-0.05, 0) is 37.7 Å². The zero-order chi connectivity index (χ0) is 9.10. The Morgan fingerprint density at radius 1 is 1.38 bits per heavy atom. The van der Waals surface area contributed by atoms with Crippen molar-refractivity contribution in [3.05, 3.63) is 12.3 Å². The molecular formula is C10H17N3. The molecule has 2 rings (SSSR count). The summed E-state index contributed by atoms with van der Waals surface area (Å²) < 4.78 is 0. The maximum absolute atomic E-state index is 3.92. The van der Waals surface area contributed by atoms with Crippen LogP contribution >= 0.6 is 0 Å². The van der Waals surface area contributed by atoms with Crippen molar-refractivity contribution in [1.29, 1.82) is 0 Å². The van der Waals surface area contributed by atoms with Crippen LogP contribution in [0.1, 0.15) is 32.6 Å². The van der Waals surface area contributed by atoms with E-state index in [9.17, 15) is 0 Å². The van der Waals surface area contributed by atoms with E-state index in [0.29, 0.717) is 6.04 Å². The van der Waals surface area contributed by atoms with Gasteiger partial charge in [0, 0.05) is 6.04 Å². The number of nitrogens with zero attached hydrogens (tertiary/aromatic N) is 1. The number of hydrogen-bond acceptors (Lipinski definition) is 2. The van der Waals surface area contributed by atoms with Crippen LogP contribution in [0.4, 0.5) is 5.82 Å². The Labute approximate surface area is 78.9 Å². The zero-order valence-electron chi connectivity index (χ0n) is 8.09. The molecule has 0 bridgehead atoms. The highest BCUT2D eigenvalue weighted by Gasteiger charge is 2.17. The summed E-state index contributed by atoms with van der Waals surface area (Å²) in [5.41, 5.74) is 0. The minimum Gasteiger partial charge on any atom is -0.368 e. The first-order chi connectivity index (χ1) is 6.34. The summed E-state index contributed by atoms with van der Waals surface area (Å²) in [6, 6.07) is 2.63. The molecule has 72 valence electrons. The Kier molecular flexibility index (Phi) is 2.52. The molecule has 13 heavy (non-hydrogen) atoms. The molecule has 1 heterocycles. The third-order valence-corrected chi connectivity index (χ3v) is 2.88. The number of hydrogen-bond donors (Lipinski definition) is 2. The van der Waals surface area contributed by atoms with Crippen molar-refractivity contribution in [3.8, 4) is 0 Å². The van der Waals surface area contributed by atoms with Gasteiger partial charge in [0.05, 0.1) is 6.20 Å². The van der Waals surface area contributed by atoms with E-state index in [-0.39, 0.29) is 0 Å². The third-order valence-electron chi connectivity index (χ3n) is 2.88. The normalized spacial score (nSPS) is 28.7. The van der Waals surface area contributed by atoms with Crippen molar-refractivity contribution in [2.75, 3.05) is 5.32 Å². The van der Waals surface area contributed by atoms with Gasteiger partial charge in [-0.2, -0.15) is 5.10 Å². The van der Waals surface area contributed by atoms with Gasteiger partial charge < -0.3 is 5.32 Å². The van der Waals surface area contributed by atoms with Gasteiger partial charge in [0.25, 0.3) is 0 Å². The molecule has 1 aliphatic carbocycles. The highest BCUT2D eigenvalue weighted by atomic mass is 15.2. The van der Waals surface area contributed by atoms with Gasteiger partial charge in [0.15, 0.2) is 0 Å². The number of nitrogens with one attached hydrogen (secondary N) is 2. The molecule has 0 amide bonds. The highest BCUT2D eigenvalue weighted by molar-refractivity contribution is 5.33. The Morgan fingerprint density at radius 2 is 2.15 bits per heavy atom. The summed E-state index contributed by atoms with van der Waals surface area (Å²) >= 11 is 0. The van der Waals surface area contributed by atoms with E-state index in [2.05, 4.69) is 22.4 Å². The topological polar surface area (TPSA) is 40.7 Å². The molecule has 0 unspecified atom stereocenters. The molecule has 0 spiro atoms. The first kappa shape index (κ1) is 8.60. The summed E-state index contributed by atoms with van der Waals surface area (Å²) in [7, 11) is 0. The van der Waals surface area contributed by atoms with E-state index in [4.69, 9.17) is 0 Å². The number of aromatic amines is 1. The monoisotopic (exact) mass is 179 g/mol. The second-order valence-corrected chi connectivity index (χ2v) is 4.07. The molecule has 1 aromatic rings. The number of aromatic nitrogens is 2. The van der Waals surface area contributed by atoms with Crippen LogP contribution in [-0.4, -0.2) is 16.2 Å². The number of H-pyrrole nitrogens is 1. The van der Waals surface area contributed by atoms with Gasteiger partial charge in [-0.25, -0.2) is 0 Å². The Morgan fingerprint density at radius 3 is 2.77 bits per heavy atom. The van der Waals surface area contributed by atoms with Crippen molar-refractivity contribution in [3.63, 3.8) is 0 Å². The molecule has 0 atom stereocenters. The average molecular weight is 179 g/mol. The van der Waals surface area contributed by atoms with Crippen LogP contribution in [0.3, 0.4) is 0 Å².